The fraction of sp³-hybridized carbons (Fsp3) is 0.435. The predicted molar refractivity (Wildman–Crippen MR) is 135 cm³/mol. The Balaban J connectivity index is 0.00000450. The van der Waals surface area contributed by atoms with Gasteiger partial charge < -0.3 is 20.5 Å². The van der Waals surface area contributed by atoms with Gasteiger partial charge in [-0.3, -0.25) is 4.90 Å². The lowest BCUT2D eigenvalue weighted by molar-refractivity contribution is 0.238. The summed E-state index contributed by atoms with van der Waals surface area (Å²) in [6.07, 6.45) is 1.01. The SMILES string of the molecule is CCNC(=NCc1ccc(OC)c(O)c1)NCCC(C)N(C)Cc1ccccc1.I. The largest absolute Gasteiger partial charge is 0.504 e. The summed E-state index contributed by atoms with van der Waals surface area (Å²) in [4.78, 5) is 6.98. The van der Waals surface area contributed by atoms with Gasteiger partial charge in [-0.1, -0.05) is 36.4 Å². The molecule has 0 bridgehead atoms. The number of aliphatic imine (C=N–C) groups is 1. The van der Waals surface area contributed by atoms with Gasteiger partial charge in [-0.05, 0) is 50.6 Å². The van der Waals surface area contributed by atoms with E-state index in [2.05, 4.69) is 58.8 Å². The second-order valence-electron chi connectivity index (χ2n) is 7.17. The van der Waals surface area contributed by atoms with E-state index in [0.29, 0.717) is 18.3 Å². The molecule has 0 aliphatic heterocycles. The van der Waals surface area contributed by atoms with E-state index in [-0.39, 0.29) is 29.7 Å². The number of halogens is 1. The normalized spacial score (nSPS) is 12.2. The molecule has 1 atom stereocenters. The van der Waals surface area contributed by atoms with Crippen molar-refractivity contribution in [3.63, 3.8) is 0 Å². The number of guanidine groups is 1. The lowest BCUT2D eigenvalue weighted by atomic mass is 10.1. The van der Waals surface area contributed by atoms with Crippen LogP contribution in [-0.2, 0) is 13.1 Å². The zero-order chi connectivity index (χ0) is 21.1. The number of nitrogens with zero attached hydrogens (tertiary/aromatic N) is 2. The summed E-state index contributed by atoms with van der Waals surface area (Å²) in [5.41, 5.74) is 2.25. The summed E-state index contributed by atoms with van der Waals surface area (Å²) in [5, 5.41) is 16.6. The van der Waals surface area contributed by atoms with Crippen molar-refractivity contribution in [2.24, 2.45) is 4.99 Å². The molecular weight excluding hydrogens is 491 g/mol. The molecule has 2 aromatic rings. The summed E-state index contributed by atoms with van der Waals surface area (Å²) >= 11 is 0. The van der Waals surface area contributed by atoms with E-state index in [4.69, 9.17) is 4.74 Å². The molecule has 1 unspecified atom stereocenters. The Hall–Kier alpha value is -2.00. The average molecular weight is 526 g/mol. The zero-order valence-corrected chi connectivity index (χ0v) is 20.7. The van der Waals surface area contributed by atoms with Crippen molar-refractivity contribution in [3.8, 4) is 11.5 Å². The Morgan fingerprint density at radius 1 is 1.13 bits per heavy atom. The van der Waals surface area contributed by atoms with Crippen molar-refractivity contribution in [2.75, 3.05) is 27.2 Å². The molecular formula is C23H35IN4O2. The maximum atomic E-state index is 9.91. The first-order chi connectivity index (χ1) is 14.0. The fourth-order valence-electron chi connectivity index (χ4n) is 2.99. The minimum Gasteiger partial charge on any atom is -0.504 e. The molecule has 0 radical (unpaired) electrons. The molecule has 2 aromatic carbocycles. The third-order valence-electron chi connectivity index (χ3n) is 4.89. The smallest absolute Gasteiger partial charge is 0.191 e. The van der Waals surface area contributed by atoms with Crippen LogP contribution >= 0.6 is 24.0 Å². The van der Waals surface area contributed by atoms with Crippen LogP contribution in [0, 0.1) is 0 Å². The van der Waals surface area contributed by atoms with Gasteiger partial charge in [-0.2, -0.15) is 0 Å². The Morgan fingerprint density at radius 3 is 2.50 bits per heavy atom. The number of ether oxygens (including phenoxy) is 1. The predicted octanol–water partition coefficient (Wildman–Crippen LogP) is 3.98. The van der Waals surface area contributed by atoms with Crippen LogP contribution in [0.1, 0.15) is 31.4 Å². The average Bonchev–Trinajstić information content (AvgIpc) is 2.72. The van der Waals surface area contributed by atoms with Gasteiger partial charge >= 0.3 is 0 Å². The van der Waals surface area contributed by atoms with Crippen molar-refractivity contribution in [2.45, 2.75) is 39.4 Å². The minimum absolute atomic E-state index is 0. The summed E-state index contributed by atoms with van der Waals surface area (Å²) in [5.74, 6) is 1.38. The number of benzene rings is 2. The van der Waals surface area contributed by atoms with E-state index < -0.39 is 0 Å². The van der Waals surface area contributed by atoms with Gasteiger partial charge in [0.1, 0.15) is 0 Å². The first-order valence-electron chi connectivity index (χ1n) is 10.2. The van der Waals surface area contributed by atoms with Crippen LogP contribution in [0.25, 0.3) is 0 Å². The second kappa shape index (κ2) is 14.1. The lowest BCUT2D eigenvalue weighted by Gasteiger charge is -2.25. The summed E-state index contributed by atoms with van der Waals surface area (Å²) in [7, 11) is 3.70. The van der Waals surface area contributed by atoms with Crippen LogP contribution < -0.4 is 15.4 Å². The third-order valence-corrected chi connectivity index (χ3v) is 4.89. The number of aromatic hydroxyl groups is 1. The molecule has 0 amide bonds. The highest BCUT2D eigenvalue weighted by Gasteiger charge is 2.10. The van der Waals surface area contributed by atoms with Gasteiger partial charge in [-0.25, -0.2) is 4.99 Å². The molecule has 0 saturated heterocycles. The minimum atomic E-state index is 0. The van der Waals surface area contributed by atoms with E-state index >= 15 is 0 Å². The van der Waals surface area contributed by atoms with Crippen molar-refractivity contribution >= 4 is 29.9 Å². The first kappa shape index (κ1) is 26.0. The highest BCUT2D eigenvalue weighted by atomic mass is 127. The van der Waals surface area contributed by atoms with Crippen LogP contribution in [0.4, 0.5) is 0 Å². The van der Waals surface area contributed by atoms with Gasteiger partial charge in [0.05, 0.1) is 13.7 Å². The molecule has 30 heavy (non-hydrogen) atoms. The molecule has 0 aliphatic carbocycles. The molecule has 0 saturated carbocycles. The van der Waals surface area contributed by atoms with Crippen molar-refractivity contribution in [1.82, 2.24) is 15.5 Å². The number of hydrogen-bond acceptors (Lipinski definition) is 4. The topological polar surface area (TPSA) is 69.1 Å². The Bertz CT molecular complexity index is 771. The molecule has 3 N–H and O–H groups in total. The number of methoxy groups -OCH3 is 1. The van der Waals surface area contributed by atoms with Crippen molar-refractivity contribution in [1.29, 1.82) is 0 Å². The van der Waals surface area contributed by atoms with Crippen LogP contribution in [-0.4, -0.2) is 49.3 Å². The van der Waals surface area contributed by atoms with E-state index in [9.17, 15) is 5.11 Å². The van der Waals surface area contributed by atoms with Gasteiger partial charge in [0.25, 0.3) is 0 Å². The van der Waals surface area contributed by atoms with Gasteiger partial charge in [0, 0.05) is 25.7 Å². The monoisotopic (exact) mass is 526 g/mol. The Kier molecular flexibility index (Phi) is 12.2. The maximum Gasteiger partial charge on any atom is 0.191 e. The van der Waals surface area contributed by atoms with Gasteiger partial charge in [0.2, 0.25) is 0 Å². The van der Waals surface area contributed by atoms with Crippen molar-refractivity contribution in [3.05, 3.63) is 59.7 Å². The zero-order valence-electron chi connectivity index (χ0n) is 18.4. The standard InChI is InChI=1S/C23H34N4O2.HI/c1-5-24-23(26-16-20-11-12-22(29-4)21(28)15-20)25-14-13-18(2)27(3)17-19-9-7-6-8-10-19;/h6-12,15,18,28H,5,13-14,16-17H2,1-4H3,(H2,24,25,26);1H. The van der Waals surface area contributed by atoms with Crippen LogP contribution in [0.3, 0.4) is 0 Å². The molecule has 0 spiro atoms. The van der Waals surface area contributed by atoms with Crippen LogP contribution in [0.15, 0.2) is 53.5 Å². The second-order valence-corrected chi connectivity index (χ2v) is 7.17. The fourth-order valence-corrected chi connectivity index (χ4v) is 2.99. The van der Waals surface area contributed by atoms with E-state index in [1.165, 1.54) is 5.56 Å². The summed E-state index contributed by atoms with van der Waals surface area (Å²) in [6.45, 7) is 7.35. The van der Waals surface area contributed by atoms with Gasteiger partial charge in [0.15, 0.2) is 17.5 Å². The van der Waals surface area contributed by atoms with Crippen LogP contribution in [0.5, 0.6) is 11.5 Å². The molecule has 0 aromatic heterocycles. The molecule has 166 valence electrons. The quantitative estimate of drug-likeness (QED) is 0.248. The molecule has 0 fully saturated rings. The van der Waals surface area contributed by atoms with E-state index in [1.54, 1.807) is 19.2 Å². The highest BCUT2D eigenvalue weighted by molar-refractivity contribution is 14.0. The van der Waals surface area contributed by atoms with E-state index in [0.717, 1.165) is 37.6 Å². The molecule has 7 heteroatoms. The number of nitrogens with one attached hydrogen (secondary N) is 2. The molecule has 6 nitrogen and oxygen atoms in total. The number of rotatable bonds is 10. The highest BCUT2D eigenvalue weighted by Crippen LogP contribution is 2.26. The summed E-state index contributed by atoms with van der Waals surface area (Å²) < 4.78 is 5.08. The molecule has 2 rings (SSSR count). The third kappa shape index (κ3) is 8.79. The Labute approximate surface area is 197 Å². The molecule has 0 heterocycles. The van der Waals surface area contributed by atoms with E-state index in [1.807, 2.05) is 19.1 Å². The summed E-state index contributed by atoms with van der Waals surface area (Å²) in [6, 6.07) is 16.3. The number of hydrogen-bond donors (Lipinski definition) is 3. The number of phenolic OH excluding ortho intramolecular Hbond substituents is 1. The molecule has 0 aliphatic rings. The van der Waals surface area contributed by atoms with Gasteiger partial charge in [-0.15, -0.1) is 24.0 Å². The van der Waals surface area contributed by atoms with Crippen LogP contribution in [0.2, 0.25) is 0 Å². The lowest BCUT2D eigenvalue weighted by Crippen LogP contribution is -2.40. The Morgan fingerprint density at radius 2 is 1.87 bits per heavy atom. The number of phenols is 1. The van der Waals surface area contributed by atoms with Crippen molar-refractivity contribution < 1.29 is 9.84 Å². The maximum absolute atomic E-state index is 9.91. The first-order valence-corrected chi connectivity index (χ1v) is 10.2.